The molecule has 31 heavy (non-hydrogen) atoms. The molecule has 8 nitrogen and oxygen atoms in total. The monoisotopic (exact) mass is 442 g/mol. The van der Waals surface area contributed by atoms with Crippen molar-refractivity contribution in [2.75, 3.05) is 22.9 Å². The summed E-state index contributed by atoms with van der Waals surface area (Å²) in [7, 11) is -4.69. The highest BCUT2D eigenvalue weighted by atomic mass is 35.7. The zero-order valence-electron chi connectivity index (χ0n) is 17.2. The van der Waals surface area contributed by atoms with Gasteiger partial charge in [-0.05, 0) is 37.0 Å². The number of benzene rings is 2. The Labute approximate surface area is 182 Å². The third-order valence-electron chi connectivity index (χ3n) is 5.48. The molecule has 0 aliphatic carbocycles. The van der Waals surface area contributed by atoms with E-state index in [1.54, 1.807) is 0 Å². The molecular weight excluding hydrogens is 420 g/mol. The number of hydrogen-bond acceptors (Lipinski definition) is 8. The van der Waals surface area contributed by atoms with Crippen LogP contribution in [0.4, 0.5) is 11.6 Å². The van der Waals surface area contributed by atoms with Crippen molar-refractivity contribution in [1.82, 2.24) is 9.97 Å². The molecule has 0 fully saturated rings. The highest BCUT2D eigenvalue weighted by molar-refractivity contribution is 5.90. The molecule has 3 aromatic rings. The Kier molecular flexibility index (Phi) is 5.83. The first kappa shape index (κ1) is 21.5. The Balaban J connectivity index is 0.000000418. The molecule has 1 atom stereocenters. The van der Waals surface area contributed by atoms with Crippen molar-refractivity contribution >= 4 is 28.2 Å². The van der Waals surface area contributed by atoms with Crippen LogP contribution in [0.2, 0.25) is 0 Å². The number of rotatable bonds is 2. The number of anilines is 2. The molecule has 5 rings (SSSR count). The standard InChI is InChI=1S/C22H22N4.ClHO4/c1-3-25-20-21(24-18-12-8-7-11-17(18)23-20)26-14-13-15(2)19(22(25)26)16-9-5-4-6-10-16;2-1(3,4)5/h4-12,15H,3,13-14H2,1-2H3;(H,2,3,4,5). The molecule has 1 aromatic heterocycles. The van der Waals surface area contributed by atoms with Crippen molar-refractivity contribution in [3.05, 3.63) is 66.0 Å². The van der Waals surface area contributed by atoms with E-state index in [1.807, 2.05) is 24.3 Å². The van der Waals surface area contributed by atoms with Crippen molar-refractivity contribution in [3.63, 3.8) is 0 Å². The van der Waals surface area contributed by atoms with Gasteiger partial charge in [-0.3, -0.25) is 0 Å². The maximum atomic E-state index is 8.60. The molecule has 0 saturated carbocycles. The van der Waals surface area contributed by atoms with Crippen molar-refractivity contribution in [3.8, 4) is 0 Å². The molecule has 1 N–H and O–H groups in total. The van der Waals surface area contributed by atoms with Crippen LogP contribution in [0.1, 0.15) is 25.8 Å². The molecule has 0 amide bonds. The predicted molar refractivity (Wildman–Crippen MR) is 109 cm³/mol. The smallest absolute Gasteiger partial charge is 0.178 e. The zero-order valence-corrected chi connectivity index (χ0v) is 18.0. The van der Waals surface area contributed by atoms with Gasteiger partial charge in [-0.1, -0.05) is 49.4 Å². The van der Waals surface area contributed by atoms with Gasteiger partial charge in [-0.2, -0.15) is 14.0 Å². The second kappa shape index (κ2) is 8.41. The summed E-state index contributed by atoms with van der Waals surface area (Å²) in [5.74, 6) is 3.77. The van der Waals surface area contributed by atoms with E-state index in [2.05, 4.69) is 54.0 Å². The van der Waals surface area contributed by atoms with Gasteiger partial charge in [-0.15, -0.1) is 0 Å². The number of nitrogens with zero attached hydrogens (tertiary/aromatic N) is 4. The summed E-state index contributed by atoms with van der Waals surface area (Å²) in [6, 6.07) is 18.9. The van der Waals surface area contributed by atoms with Gasteiger partial charge < -0.3 is 9.80 Å². The summed E-state index contributed by atoms with van der Waals surface area (Å²) in [5.41, 5.74) is 4.63. The average Bonchev–Trinajstić information content (AvgIpc) is 3.03. The van der Waals surface area contributed by atoms with Gasteiger partial charge in [0.15, 0.2) is 11.6 Å². The minimum atomic E-state index is -4.69. The quantitative estimate of drug-likeness (QED) is 0.611. The van der Waals surface area contributed by atoms with Crippen LogP contribution in [-0.2, 0) is 0 Å². The van der Waals surface area contributed by atoms with Crippen LogP contribution in [0.15, 0.2) is 60.4 Å². The Bertz CT molecular complexity index is 1080. The van der Waals surface area contributed by atoms with E-state index in [4.69, 9.17) is 28.6 Å². The lowest BCUT2D eigenvalue weighted by Crippen LogP contribution is -2.58. The first-order valence-corrected chi connectivity index (χ1v) is 11.3. The minimum absolute atomic E-state index is 0.515. The van der Waals surface area contributed by atoms with Crippen LogP contribution >= 0.6 is 0 Å². The van der Waals surface area contributed by atoms with E-state index in [0.717, 1.165) is 42.2 Å². The third-order valence-corrected chi connectivity index (χ3v) is 5.48. The largest absolute Gasteiger partial charge is 0.309 e. The average molecular weight is 443 g/mol. The highest BCUT2D eigenvalue weighted by Crippen LogP contribution is 2.47. The van der Waals surface area contributed by atoms with E-state index in [-0.39, 0.29) is 0 Å². The van der Waals surface area contributed by atoms with Gasteiger partial charge in [0.05, 0.1) is 25.9 Å². The summed E-state index contributed by atoms with van der Waals surface area (Å²) >= 11 is 0. The van der Waals surface area contributed by atoms with Crippen molar-refractivity contribution in [2.24, 2.45) is 5.92 Å². The zero-order chi connectivity index (χ0) is 22.2. The van der Waals surface area contributed by atoms with Gasteiger partial charge in [0.2, 0.25) is 0 Å². The molecule has 0 radical (unpaired) electrons. The van der Waals surface area contributed by atoms with E-state index in [9.17, 15) is 0 Å². The Morgan fingerprint density at radius 3 is 2.10 bits per heavy atom. The summed E-state index contributed by atoms with van der Waals surface area (Å²) in [6.07, 6.45) is 1.12. The maximum Gasteiger partial charge on any atom is 0.178 e. The summed E-state index contributed by atoms with van der Waals surface area (Å²) in [4.78, 5) is 14.7. The van der Waals surface area contributed by atoms with Gasteiger partial charge in [0.25, 0.3) is 0 Å². The number of aromatic nitrogens is 2. The molecule has 0 saturated heterocycles. The van der Waals surface area contributed by atoms with Crippen LogP contribution in [0.25, 0.3) is 16.6 Å². The first-order valence-electron chi connectivity index (χ1n) is 10.0. The van der Waals surface area contributed by atoms with Crippen LogP contribution in [0.5, 0.6) is 0 Å². The molecule has 2 aliphatic heterocycles. The summed E-state index contributed by atoms with van der Waals surface area (Å²) in [5, 5.41) is 0. The number of para-hydroxylation sites is 2. The van der Waals surface area contributed by atoms with E-state index in [0.29, 0.717) is 5.92 Å². The minimum Gasteiger partial charge on any atom is -0.309 e. The fourth-order valence-corrected chi connectivity index (χ4v) is 4.21. The number of allylic oxidation sites excluding steroid dienone is 1. The number of hydrogen-bond donors (Lipinski definition) is 1. The van der Waals surface area contributed by atoms with Crippen molar-refractivity contribution < 1.29 is 28.9 Å². The Morgan fingerprint density at radius 1 is 0.968 bits per heavy atom. The lowest BCUT2D eigenvalue weighted by atomic mass is 9.88. The normalized spacial score (nSPS) is 17.9. The molecule has 0 bridgehead atoms. The SMILES string of the molecule is CCN1C2=C(c3ccccc3)C(C)CCN2c2nc3ccccc3nc21.[O-][Cl+3]([O-])([O-])O. The number of halogens is 1. The van der Waals surface area contributed by atoms with Gasteiger partial charge >= 0.3 is 0 Å². The topological polar surface area (TPSA) is 122 Å². The first-order chi connectivity index (χ1) is 14.8. The van der Waals surface area contributed by atoms with Gasteiger partial charge in [0, 0.05) is 18.7 Å². The maximum absolute atomic E-state index is 8.60. The molecule has 1 unspecified atom stereocenters. The van der Waals surface area contributed by atoms with Crippen LogP contribution in [0, 0.1) is 16.2 Å². The fraction of sp³-hybridized carbons (Fsp3) is 0.273. The molecular formula is C22H23ClN4O4. The lowest BCUT2D eigenvalue weighted by molar-refractivity contribution is -1.92. The van der Waals surface area contributed by atoms with E-state index >= 15 is 0 Å². The van der Waals surface area contributed by atoms with E-state index < -0.39 is 10.2 Å². The molecule has 162 valence electrons. The Morgan fingerprint density at radius 2 is 1.52 bits per heavy atom. The molecule has 2 aromatic carbocycles. The molecule has 0 spiro atoms. The van der Waals surface area contributed by atoms with Crippen molar-refractivity contribution in [2.45, 2.75) is 20.3 Å². The Hall–Kier alpha value is -2.75. The summed E-state index contributed by atoms with van der Waals surface area (Å²) in [6.45, 7) is 6.40. The molecule has 2 aliphatic rings. The van der Waals surface area contributed by atoms with Crippen LogP contribution < -0.4 is 23.8 Å². The summed E-state index contributed by atoms with van der Waals surface area (Å²) < 4.78 is 32.7. The lowest BCUT2D eigenvalue weighted by Gasteiger charge is -2.34. The highest BCUT2D eigenvalue weighted by Gasteiger charge is 2.39. The van der Waals surface area contributed by atoms with Gasteiger partial charge in [-0.25, -0.2) is 9.97 Å². The van der Waals surface area contributed by atoms with E-state index in [1.165, 1.54) is 17.0 Å². The molecule has 3 heterocycles. The molecule has 9 heteroatoms. The third kappa shape index (κ3) is 4.34. The van der Waals surface area contributed by atoms with Crippen LogP contribution in [-0.4, -0.2) is 27.7 Å². The van der Waals surface area contributed by atoms with Crippen molar-refractivity contribution in [1.29, 1.82) is 0 Å². The second-order valence-electron chi connectivity index (χ2n) is 7.44. The second-order valence-corrected chi connectivity index (χ2v) is 8.24. The number of fused-ring (bicyclic) bond motifs is 4. The predicted octanol–water partition coefficient (Wildman–Crippen LogP) is 0.561. The van der Waals surface area contributed by atoms with Crippen LogP contribution in [0.3, 0.4) is 0 Å². The van der Waals surface area contributed by atoms with Gasteiger partial charge in [0.1, 0.15) is 5.82 Å². The fourth-order valence-electron chi connectivity index (χ4n) is 4.21.